The lowest BCUT2D eigenvalue weighted by molar-refractivity contribution is -0.137. The second kappa shape index (κ2) is 4.98. The van der Waals surface area contributed by atoms with E-state index in [1.54, 1.807) is 4.90 Å². The van der Waals surface area contributed by atoms with Gasteiger partial charge in [0.25, 0.3) is 5.91 Å². The van der Waals surface area contributed by atoms with Crippen LogP contribution in [0.3, 0.4) is 0 Å². The number of hydrogen-bond acceptors (Lipinski definition) is 4. The molecule has 3 fully saturated rings. The predicted octanol–water partition coefficient (Wildman–Crippen LogP) is -0.151. The largest absolute Gasteiger partial charge is 0.340 e. The standard InChI is InChI=1S/C14H22N4O3/c15-13(4-1-2-5-13)8-10(19)18-7-3-6-14(9-18)11(20)16-12(21)17-14/h1-9,15H2,(H2,16,17,20,21). The Bertz CT molecular complexity index is 487. The Morgan fingerprint density at radius 1 is 1.19 bits per heavy atom. The molecule has 1 atom stereocenters. The molecule has 0 aromatic heterocycles. The average molecular weight is 294 g/mol. The Labute approximate surface area is 123 Å². The van der Waals surface area contributed by atoms with Crippen molar-refractivity contribution >= 4 is 17.8 Å². The minimum absolute atomic E-state index is 0.00701. The third-order valence-corrected chi connectivity index (χ3v) is 4.96. The summed E-state index contributed by atoms with van der Waals surface area (Å²) in [4.78, 5) is 37.5. The van der Waals surface area contributed by atoms with Gasteiger partial charge in [-0.2, -0.15) is 0 Å². The molecule has 2 heterocycles. The van der Waals surface area contributed by atoms with Crippen molar-refractivity contribution in [2.24, 2.45) is 5.73 Å². The monoisotopic (exact) mass is 294 g/mol. The van der Waals surface area contributed by atoms with Crippen LogP contribution in [-0.4, -0.2) is 46.9 Å². The highest BCUT2D eigenvalue weighted by molar-refractivity contribution is 6.07. The number of imide groups is 1. The number of likely N-dealkylation sites (tertiary alicyclic amines) is 1. The Kier molecular flexibility index (Phi) is 3.39. The summed E-state index contributed by atoms with van der Waals surface area (Å²) in [7, 11) is 0. The molecule has 1 aliphatic carbocycles. The van der Waals surface area contributed by atoms with Crippen LogP contribution in [0.1, 0.15) is 44.9 Å². The first kappa shape index (κ1) is 14.3. The zero-order chi connectivity index (χ0) is 15.1. The van der Waals surface area contributed by atoms with E-state index in [1.165, 1.54) is 0 Å². The molecule has 0 aromatic carbocycles. The van der Waals surface area contributed by atoms with Crippen LogP contribution >= 0.6 is 0 Å². The molecule has 0 aromatic rings. The predicted molar refractivity (Wildman–Crippen MR) is 75.2 cm³/mol. The van der Waals surface area contributed by atoms with Crippen LogP contribution in [0, 0.1) is 0 Å². The minimum atomic E-state index is -0.942. The summed E-state index contributed by atoms with van der Waals surface area (Å²) in [6, 6.07) is -0.472. The lowest BCUT2D eigenvalue weighted by atomic mass is 9.87. The highest BCUT2D eigenvalue weighted by Gasteiger charge is 2.49. The summed E-state index contributed by atoms with van der Waals surface area (Å²) >= 11 is 0. The molecule has 116 valence electrons. The summed E-state index contributed by atoms with van der Waals surface area (Å²) in [6.07, 6.45) is 5.53. The quantitative estimate of drug-likeness (QED) is 0.616. The first-order valence-corrected chi connectivity index (χ1v) is 7.63. The van der Waals surface area contributed by atoms with E-state index in [9.17, 15) is 14.4 Å². The van der Waals surface area contributed by atoms with Gasteiger partial charge in [-0.25, -0.2) is 4.79 Å². The number of piperidine rings is 1. The number of nitrogens with zero attached hydrogens (tertiary/aromatic N) is 1. The van der Waals surface area contributed by atoms with Crippen molar-refractivity contribution in [3.05, 3.63) is 0 Å². The van der Waals surface area contributed by atoms with Crippen molar-refractivity contribution in [3.63, 3.8) is 0 Å². The SMILES string of the molecule is NC1(CC(=O)N2CCCC3(C2)NC(=O)NC3=O)CCCC1. The zero-order valence-electron chi connectivity index (χ0n) is 12.1. The number of amides is 4. The maximum atomic E-state index is 12.5. The van der Waals surface area contributed by atoms with Gasteiger partial charge in [0.15, 0.2) is 0 Å². The van der Waals surface area contributed by atoms with Gasteiger partial charge in [0.2, 0.25) is 5.91 Å². The number of nitrogens with two attached hydrogens (primary N) is 1. The number of rotatable bonds is 2. The number of nitrogens with one attached hydrogen (secondary N) is 2. The lowest BCUT2D eigenvalue weighted by Gasteiger charge is -2.39. The summed E-state index contributed by atoms with van der Waals surface area (Å²) < 4.78 is 0. The Balaban J connectivity index is 1.67. The van der Waals surface area contributed by atoms with E-state index in [-0.39, 0.29) is 23.9 Å². The highest BCUT2D eigenvalue weighted by atomic mass is 16.2. The second-order valence-corrected chi connectivity index (χ2v) is 6.66. The number of urea groups is 1. The van der Waals surface area contributed by atoms with E-state index >= 15 is 0 Å². The smallest absolute Gasteiger partial charge is 0.322 e. The fourth-order valence-electron chi connectivity index (χ4n) is 3.75. The van der Waals surface area contributed by atoms with Crippen LogP contribution in [-0.2, 0) is 9.59 Å². The topological polar surface area (TPSA) is 105 Å². The zero-order valence-corrected chi connectivity index (χ0v) is 12.1. The van der Waals surface area contributed by atoms with Crippen molar-refractivity contribution in [1.29, 1.82) is 0 Å². The van der Waals surface area contributed by atoms with Crippen LogP contribution in [0.5, 0.6) is 0 Å². The van der Waals surface area contributed by atoms with Crippen LogP contribution in [0.25, 0.3) is 0 Å². The number of carbonyl (C=O) groups is 3. The van der Waals surface area contributed by atoms with Gasteiger partial charge in [0, 0.05) is 18.5 Å². The van der Waals surface area contributed by atoms with Gasteiger partial charge in [-0.05, 0) is 25.7 Å². The van der Waals surface area contributed by atoms with E-state index < -0.39 is 11.6 Å². The lowest BCUT2D eigenvalue weighted by Crippen LogP contribution is -2.60. The Hall–Kier alpha value is -1.63. The van der Waals surface area contributed by atoms with Crippen molar-refractivity contribution in [3.8, 4) is 0 Å². The maximum absolute atomic E-state index is 12.5. The molecule has 2 saturated heterocycles. The normalized spacial score (nSPS) is 31.4. The summed E-state index contributed by atoms with van der Waals surface area (Å²) in [6.45, 7) is 0.874. The number of hydrogen-bond donors (Lipinski definition) is 3. The fraction of sp³-hybridized carbons (Fsp3) is 0.786. The third kappa shape index (κ3) is 2.62. The minimum Gasteiger partial charge on any atom is -0.340 e. The molecule has 0 radical (unpaired) electrons. The molecular formula is C14H22N4O3. The maximum Gasteiger partial charge on any atom is 0.322 e. The summed E-state index contributed by atoms with van der Waals surface area (Å²) in [5.74, 6) is -0.333. The molecule has 4 N–H and O–H groups in total. The molecule has 1 saturated carbocycles. The Morgan fingerprint density at radius 3 is 2.52 bits per heavy atom. The van der Waals surface area contributed by atoms with Gasteiger partial charge < -0.3 is 16.0 Å². The second-order valence-electron chi connectivity index (χ2n) is 6.66. The molecule has 7 heteroatoms. The molecule has 1 spiro atoms. The fourth-order valence-corrected chi connectivity index (χ4v) is 3.75. The van der Waals surface area contributed by atoms with E-state index in [2.05, 4.69) is 10.6 Å². The van der Waals surface area contributed by atoms with Crippen molar-refractivity contribution in [2.45, 2.75) is 56.0 Å². The molecule has 4 amide bonds. The van der Waals surface area contributed by atoms with Gasteiger partial charge in [-0.3, -0.25) is 14.9 Å². The third-order valence-electron chi connectivity index (χ3n) is 4.96. The number of carbonyl (C=O) groups excluding carboxylic acids is 3. The van der Waals surface area contributed by atoms with Crippen molar-refractivity contribution in [1.82, 2.24) is 15.5 Å². The van der Waals surface area contributed by atoms with Crippen molar-refractivity contribution in [2.75, 3.05) is 13.1 Å². The van der Waals surface area contributed by atoms with Gasteiger partial charge in [-0.1, -0.05) is 12.8 Å². The summed E-state index contributed by atoms with van der Waals surface area (Å²) in [5, 5.41) is 4.95. The molecule has 7 nitrogen and oxygen atoms in total. The molecule has 2 aliphatic heterocycles. The van der Waals surface area contributed by atoms with E-state index in [0.29, 0.717) is 25.8 Å². The van der Waals surface area contributed by atoms with E-state index in [0.717, 1.165) is 25.7 Å². The molecule has 3 rings (SSSR count). The van der Waals surface area contributed by atoms with Gasteiger partial charge in [0.1, 0.15) is 5.54 Å². The molecule has 1 unspecified atom stereocenters. The van der Waals surface area contributed by atoms with Crippen molar-refractivity contribution < 1.29 is 14.4 Å². The summed E-state index contributed by atoms with van der Waals surface area (Å²) in [5.41, 5.74) is 4.94. The Morgan fingerprint density at radius 2 is 1.90 bits per heavy atom. The first-order chi connectivity index (χ1) is 9.92. The van der Waals surface area contributed by atoms with Gasteiger partial charge in [-0.15, -0.1) is 0 Å². The average Bonchev–Trinajstić information content (AvgIpc) is 2.95. The molecule has 21 heavy (non-hydrogen) atoms. The van der Waals surface area contributed by atoms with Gasteiger partial charge in [0.05, 0.1) is 6.54 Å². The molecular weight excluding hydrogens is 272 g/mol. The van der Waals surface area contributed by atoms with E-state index in [4.69, 9.17) is 5.73 Å². The first-order valence-electron chi connectivity index (χ1n) is 7.63. The van der Waals surface area contributed by atoms with Crippen LogP contribution < -0.4 is 16.4 Å². The van der Waals surface area contributed by atoms with Gasteiger partial charge >= 0.3 is 6.03 Å². The van der Waals surface area contributed by atoms with Crippen LogP contribution in [0.2, 0.25) is 0 Å². The van der Waals surface area contributed by atoms with Crippen LogP contribution in [0.4, 0.5) is 4.79 Å². The van der Waals surface area contributed by atoms with E-state index in [1.807, 2.05) is 0 Å². The molecule has 3 aliphatic rings. The van der Waals surface area contributed by atoms with Crippen LogP contribution in [0.15, 0.2) is 0 Å². The highest BCUT2D eigenvalue weighted by Crippen LogP contribution is 2.32. The molecule has 0 bridgehead atoms.